The van der Waals surface area contributed by atoms with Crippen LogP contribution >= 0.6 is 0 Å². The monoisotopic (exact) mass is 218 g/mol. The second kappa shape index (κ2) is 8.41. The van der Waals surface area contributed by atoms with Gasteiger partial charge in [0.05, 0.1) is 21.1 Å². The molecule has 0 heterocycles. The van der Waals surface area contributed by atoms with E-state index in [0.717, 1.165) is 11.0 Å². The van der Waals surface area contributed by atoms with E-state index >= 15 is 0 Å². The summed E-state index contributed by atoms with van der Waals surface area (Å²) in [6, 6.07) is 0. The van der Waals surface area contributed by atoms with Gasteiger partial charge in [0, 0.05) is 0 Å². The molecule has 0 aromatic heterocycles. The molecule has 0 saturated carbocycles. The predicted octanol–water partition coefficient (Wildman–Crippen LogP) is 1.24. The molecule has 0 rings (SSSR count). The van der Waals surface area contributed by atoms with Crippen LogP contribution in [0.2, 0.25) is 0 Å². The van der Waals surface area contributed by atoms with Gasteiger partial charge in [-0.15, -0.1) is 0 Å². The Kier molecular flexibility index (Phi) is 9.27. The molecule has 0 unspecified atom stereocenters. The summed E-state index contributed by atoms with van der Waals surface area (Å²) in [5.41, 5.74) is 0. The Morgan fingerprint density at radius 1 is 1.13 bits per heavy atom. The smallest absolute Gasteiger partial charge is 0.313 e. The fourth-order valence-electron chi connectivity index (χ4n) is 0.688. The van der Waals surface area contributed by atoms with E-state index in [1.54, 1.807) is 0 Å². The average molecular weight is 218 g/mol. The quantitative estimate of drug-likeness (QED) is 0.396. The number of nitrogens with zero attached hydrogens (tertiary/aromatic N) is 1. The molecular weight excluding hydrogens is 194 g/mol. The molecule has 0 aliphatic heterocycles. The molecule has 0 aromatic carbocycles. The summed E-state index contributed by atoms with van der Waals surface area (Å²) < 4.78 is 5.60. The van der Waals surface area contributed by atoms with Crippen LogP contribution < -0.4 is 0 Å². The number of hydrogen-bond donors (Lipinski definition) is 0. The molecule has 4 heteroatoms. The number of carbonyl (C=O) groups excluding carboxylic acids is 2. The maximum atomic E-state index is 10.9. The molecule has 0 radical (unpaired) electrons. The van der Waals surface area contributed by atoms with Crippen molar-refractivity contribution < 1.29 is 18.8 Å². The van der Waals surface area contributed by atoms with Crippen LogP contribution in [0.5, 0.6) is 0 Å². The Labute approximate surface area is 92.8 Å². The number of carbonyl (C=O) groups is 2. The third kappa shape index (κ3) is 15.8. The van der Waals surface area contributed by atoms with Gasteiger partial charge in [0.1, 0.15) is 25.4 Å². The molecule has 0 atom stereocenters. The molecule has 0 fully saturated rings. The largest absolute Gasteiger partial charge is 0.459 e. The summed E-state index contributed by atoms with van der Waals surface area (Å²) in [4.78, 5) is 21.4. The molecule has 0 amide bonds. The zero-order valence-corrected chi connectivity index (χ0v) is 10.8. The van der Waals surface area contributed by atoms with Crippen LogP contribution in [0.15, 0.2) is 0 Å². The lowest BCUT2D eigenvalue weighted by atomic mass is 10.3. The van der Waals surface area contributed by atoms with E-state index in [2.05, 4.69) is 0 Å². The van der Waals surface area contributed by atoms with Crippen molar-refractivity contribution in [1.29, 1.82) is 0 Å². The van der Waals surface area contributed by atoms with Gasteiger partial charge in [0.2, 0.25) is 0 Å². The summed E-state index contributed by atoms with van der Waals surface area (Å²) in [6.45, 7) is 6.50. The molecule has 15 heavy (non-hydrogen) atoms. The molecule has 90 valence electrons. The number of hydrogen-bond acceptors (Lipinski definition) is 3. The highest BCUT2D eigenvalue weighted by molar-refractivity contribution is 5.94. The number of Topliss-reactive ketones (excluding diaryl/α,β-unsaturated/α-hetero) is 1. The van der Waals surface area contributed by atoms with Crippen molar-refractivity contribution in [3.63, 3.8) is 0 Å². The zero-order chi connectivity index (χ0) is 12.5. The van der Waals surface area contributed by atoms with E-state index in [0.29, 0.717) is 6.61 Å². The fraction of sp³-hybridized carbons (Fsp3) is 0.818. The molecule has 0 spiro atoms. The molecule has 0 saturated heterocycles. The van der Waals surface area contributed by atoms with Gasteiger partial charge >= 0.3 is 5.97 Å². The van der Waals surface area contributed by atoms with Crippen molar-refractivity contribution in [2.24, 2.45) is 0 Å². The highest BCUT2D eigenvalue weighted by Gasteiger charge is 2.10. The van der Waals surface area contributed by atoms with Gasteiger partial charge < -0.3 is 9.22 Å². The normalized spacial score (nSPS) is 10.0. The Morgan fingerprint density at radius 2 is 1.60 bits per heavy atom. The van der Waals surface area contributed by atoms with Gasteiger partial charge in [-0.25, -0.2) is 0 Å². The first-order valence-corrected chi connectivity index (χ1v) is 5.27. The lowest BCUT2D eigenvalue weighted by molar-refractivity contribution is -0.870. The van der Waals surface area contributed by atoms with Crippen LogP contribution in [0.1, 0.15) is 27.2 Å². The molecule has 0 aromatic rings. The maximum Gasteiger partial charge on any atom is 0.313 e. The molecular formula is C11H24NO3+. The summed E-state index contributed by atoms with van der Waals surface area (Å²) in [7, 11) is 6.04. The van der Waals surface area contributed by atoms with Crippen LogP contribution in [0.25, 0.3) is 0 Å². The minimum Gasteiger partial charge on any atom is -0.459 e. The van der Waals surface area contributed by atoms with Crippen molar-refractivity contribution in [2.75, 3.05) is 34.3 Å². The zero-order valence-electron chi connectivity index (χ0n) is 10.8. The number of ether oxygens (including phenoxy) is 1. The fourth-order valence-corrected chi connectivity index (χ4v) is 0.688. The first-order chi connectivity index (χ1) is 6.81. The number of quaternary nitrogens is 1. The van der Waals surface area contributed by atoms with E-state index < -0.39 is 5.97 Å². The highest BCUT2D eigenvalue weighted by atomic mass is 16.5. The van der Waals surface area contributed by atoms with Crippen LogP contribution in [0.3, 0.4) is 0 Å². The van der Waals surface area contributed by atoms with Crippen molar-refractivity contribution >= 4 is 11.8 Å². The van der Waals surface area contributed by atoms with E-state index in [4.69, 9.17) is 4.74 Å². The van der Waals surface area contributed by atoms with Crippen molar-refractivity contribution in [1.82, 2.24) is 0 Å². The van der Waals surface area contributed by atoms with Gasteiger partial charge in [-0.05, 0) is 6.92 Å². The lowest BCUT2D eigenvalue weighted by Gasteiger charge is -2.23. The molecule has 0 N–H and O–H groups in total. The SMILES string of the molecule is CC.CC(=O)CC(=O)OCC[N+](C)(C)C. The van der Waals surface area contributed by atoms with Gasteiger partial charge in [-0.3, -0.25) is 9.59 Å². The van der Waals surface area contributed by atoms with Crippen LogP contribution in [-0.4, -0.2) is 50.5 Å². The van der Waals surface area contributed by atoms with Crippen molar-refractivity contribution in [3.8, 4) is 0 Å². The standard InChI is InChI=1S/C9H18NO3.C2H6/c1-8(11)7-9(12)13-6-5-10(2,3)4;1-2/h5-7H2,1-4H3;1-2H3/q+1;. The van der Waals surface area contributed by atoms with Gasteiger partial charge in [0.15, 0.2) is 0 Å². The number of likely N-dealkylation sites (N-methyl/N-ethyl adjacent to an activating group) is 1. The number of ketones is 1. The third-order valence-electron chi connectivity index (χ3n) is 1.42. The first-order valence-electron chi connectivity index (χ1n) is 5.27. The Balaban J connectivity index is 0. The number of esters is 1. The average Bonchev–Trinajstić information content (AvgIpc) is 2.03. The highest BCUT2D eigenvalue weighted by Crippen LogP contribution is 1.92. The topological polar surface area (TPSA) is 43.4 Å². The van der Waals surface area contributed by atoms with Crippen molar-refractivity contribution in [2.45, 2.75) is 27.2 Å². The van der Waals surface area contributed by atoms with E-state index in [-0.39, 0.29) is 12.2 Å². The van der Waals surface area contributed by atoms with Crippen molar-refractivity contribution in [3.05, 3.63) is 0 Å². The minimum absolute atomic E-state index is 0.114. The molecule has 4 nitrogen and oxygen atoms in total. The summed E-state index contributed by atoms with van der Waals surface area (Å²) in [5, 5.41) is 0. The lowest BCUT2D eigenvalue weighted by Crippen LogP contribution is -2.38. The van der Waals surface area contributed by atoms with Crippen LogP contribution in [0.4, 0.5) is 0 Å². The molecule has 0 bridgehead atoms. The Hall–Kier alpha value is -0.900. The van der Waals surface area contributed by atoms with Crippen LogP contribution in [-0.2, 0) is 14.3 Å². The van der Waals surface area contributed by atoms with Crippen LogP contribution in [0, 0.1) is 0 Å². The summed E-state index contributed by atoms with van der Waals surface area (Å²) in [6.07, 6.45) is -0.114. The maximum absolute atomic E-state index is 10.9. The molecule has 0 aliphatic rings. The summed E-state index contributed by atoms with van der Waals surface area (Å²) >= 11 is 0. The Bertz CT molecular complexity index is 194. The summed E-state index contributed by atoms with van der Waals surface area (Å²) in [5.74, 6) is -0.587. The number of rotatable bonds is 5. The first kappa shape index (κ1) is 16.5. The second-order valence-electron chi connectivity index (χ2n) is 4.11. The van der Waals surface area contributed by atoms with Gasteiger partial charge in [-0.2, -0.15) is 0 Å². The van der Waals surface area contributed by atoms with E-state index in [9.17, 15) is 9.59 Å². The minimum atomic E-state index is -0.430. The predicted molar refractivity (Wildman–Crippen MR) is 60.5 cm³/mol. The second-order valence-corrected chi connectivity index (χ2v) is 4.11. The molecule has 0 aliphatic carbocycles. The van der Waals surface area contributed by atoms with Gasteiger partial charge in [-0.1, -0.05) is 13.8 Å². The third-order valence-corrected chi connectivity index (χ3v) is 1.42. The van der Waals surface area contributed by atoms with E-state index in [1.165, 1.54) is 6.92 Å². The van der Waals surface area contributed by atoms with Gasteiger partial charge in [0.25, 0.3) is 0 Å². The van der Waals surface area contributed by atoms with E-state index in [1.807, 2.05) is 35.0 Å². The Morgan fingerprint density at radius 3 is 1.93 bits per heavy atom.